The summed E-state index contributed by atoms with van der Waals surface area (Å²) in [4.78, 5) is 21.7. The van der Waals surface area contributed by atoms with Crippen LogP contribution in [0, 0.1) is 0 Å². The minimum absolute atomic E-state index is 0.247. The number of carbonyl (C=O) groups excluding carboxylic acids is 1. The Morgan fingerprint density at radius 2 is 1.69 bits per heavy atom. The topological polar surface area (TPSA) is 59.3 Å². The molecule has 0 saturated carbocycles. The molecule has 3 aromatic carbocycles. The summed E-state index contributed by atoms with van der Waals surface area (Å²) < 4.78 is 2.03. The number of hydrogen-bond acceptors (Lipinski definition) is 3. The van der Waals surface area contributed by atoms with Crippen molar-refractivity contribution in [1.82, 2.24) is 14.4 Å². The molecule has 1 amide bonds. The average Bonchev–Trinajstić information content (AvgIpc) is 3.24. The number of hydrogen-bond donors (Lipinski definition) is 1. The second-order valence-electron chi connectivity index (χ2n) is 6.58. The Labute approximate surface area is 171 Å². The fraction of sp³-hybridized carbons (Fsp3) is 0. The monoisotopic (exact) mass is 398 g/mol. The van der Waals surface area contributed by atoms with E-state index in [1.54, 1.807) is 30.5 Å². The zero-order chi connectivity index (χ0) is 19.8. The van der Waals surface area contributed by atoms with Crippen LogP contribution in [0.4, 0.5) is 5.69 Å². The Balaban J connectivity index is 1.50. The number of benzene rings is 3. The highest BCUT2D eigenvalue weighted by Gasteiger charge is 2.13. The number of aromatic nitrogens is 3. The number of nitrogens with zero attached hydrogens (tertiary/aromatic N) is 3. The van der Waals surface area contributed by atoms with E-state index in [0.717, 1.165) is 27.9 Å². The number of rotatable bonds is 3. The Kier molecular flexibility index (Phi) is 4.22. The molecule has 29 heavy (non-hydrogen) atoms. The first-order valence-corrected chi connectivity index (χ1v) is 9.46. The lowest BCUT2D eigenvalue weighted by molar-refractivity contribution is 0.102. The molecule has 0 spiro atoms. The maximum Gasteiger partial charge on any atom is 0.257 e. The molecule has 0 bridgehead atoms. The van der Waals surface area contributed by atoms with E-state index in [1.807, 2.05) is 59.1 Å². The fourth-order valence-corrected chi connectivity index (χ4v) is 3.58. The highest BCUT2D eigenvalue weighted by molar-refractivity contribution is 6.34. The van der Waals surface area contributed by atoms with Crippen molar-refractivity contribution in [2.24, 2.45) is 0 Å². The van der Waals surface area contributed by atoms with E-state index in [4.69, 9.17) is 16.6 Å². The lowest BCUT2D eigenvalue weighted by Gasteiger charge is -2.09. The molecular weight excluding hydrogens is 384 g/mol. The largest absolute Gasteiger partial charge is 0.322 e. The molecule has 0 unspecified atom stereocenters. The standard InChI is InChI=1S/C23H15ClN4O/c24-18-6-2-1-5-17(18)23(29)26-16-11-9-15(10-12-16)21-22-25-13-14-28(22)20-8-4-3-7-19(20)27-21/h1-14H,(H,26,29). The summed E-state index contributed by atoms with van der Waals surface area (Å²) in [5.74, 6) is -0.247. The number of halogens is 1. The van der Waals surface area contributed by atoms with Gasteiger partial charge >= 0.3 is 0 Å². The van der Waals surface area contributed by atoms with Crippen molar-refractivity contribution in [2.75, 3.05) is 5.32 Å². The van der Waals surface area contributed by atoms with E-state index >= 15 is 0 Å². The Morgan fingerprint density at radius 1 is 0.931 bits per heavy atom. The van der Waals surface area contributed by atoms with Crippen LogP contribution in [-0.4, -0.2) is 20.3 Å². The van der Waals surface area contributed by atoms with Crippen LogP contribution in [0.25, 0.3) is 27.9 Å². The van der Waals surface area contributed by atoms with Crippen molar-refractivity contribution >= 4 is 39.9 Å². The SMILES string of the molecule is O=C(Nc1ccc(-c2nc3ccccc3n3ccnc23)cc1)c1ccccc1Cl. The van der Waals surface area contributed by atoms with Crippen LogP contribution in [0.15, 0.2) is 85.2 Å². The summed E-state index contributed by atoms with van der Waals surface area (Å²) in [5.41, 5.74) is 5.51. The molecule has 6 heteroatoms. The van der Waals surface area contributed by atoms with Gasteiger partial charge in [0, 0.05) is 23.6 Å². The average molecular weight is 399 g/mol. The first kappa shape index (κ1) is 17.4. The van der Waals surface area contributed by atoms with Crippen LogP contribution in [0.1, 0.15) is 10.4 Å². The maximum atomic E-state index is 12.5. The van der Waals surface area contributed by atoms with Gasteiger partial charge in [-0.05, 0) is 36.4 Å². The summed E-state index contributed by atoms with van der Waals surface area (Å²) >= 11 is 6.10. The van der Waals surface area contributed by atoms with Crippen LogP contribution in [0.2, 0.25) is 5.02 Å². The Morgan fingerprint density at radius 3 is 2.52 bits per heavy atom. The smallest absolute Gasteiger partial charge is 0.257 e. The minimum atomic E-state index is -0.247. The van der Waals surface area contributed by atoms with Gasteiger partial charge in [-0.3, -0.25) is 9.20 Å². The highest BCUT2D eigenvalue weighted by atomic mass is 35.5. The van der Waals surface area contributed by atoms with Gasteiger partial charge in [-0.1, -0.05) is 48.0 Å². The second kappa shape index (κ2) is 7.04. The second-order valence-corrected chi connectivity index (χ2v) is 6.99. The Bertz CT molecular complexity index is 1360. The van der Waals surface area contributed by atoms with Gasteiger partial charge < -0.3 is 5.32 Å². The lowest BCUT2D eigenvalue weighted by atomic mass is 10.1. The predicted octanol–water partition coefficient (Wildman–Crippen LogP) is 5.46. The van der Waals surface area contributed by atoms with Gasteiger partial charge in [0.05, 0.1) is 21.6 Å². The molecule has 0 fully saturated rings. The van der Waals surface area contributed by atoms with Crippen LogP contribution in [0.5, 0.6) is 0 Å². The molecule has 1 N–H and O–H groups in total. The predicted molar refractivity (Wildman–Crippen MR) is 115 cm³/mol. The van der Waals surface area contributed by atoms with Crippen molar-refractivity contribution in [3.8, 4) is 11.3 Å². The molecule has 5 nitrogen and oxygen atoms in total. The first-order chi connectivity index (χ1) is 14.2. The first-order valence-electron chi connectivity index (χ1n) is 9.09. The Hall–Kier alpha value is -3.70. The van der Waals surface area contributed by atoms with Crippen LogP contribution < -0.4 is 5.32 Å². The number of imidazole rings is 1. The normalized spacial score (nSPS) is 11.1. The molecule has 140 valence electrons. The van der Waals surface area contributed by atoms with Gasteiger partial charge in [0.15, 0.2) is 5.65 Å². The van der Waals surface area contributed by atoms with Gasteiger partial charge in [0.25, 0.3) is 5.91 Å². The molecule has 5 aromatic rings. The quantitative estimate of drug-likeness (QED) is 0.439. The van der Waals surface area contributed by atoms with Gasteiger partial charge in [0.1, 0.15) is 5.69 Å². The van der Waals surface area contributed by atoms with Crippen molar-refractivity contribution in [1.29, 1.82) is 0 Å². The van der Waals surface area contributed by atoms with Crippen LogP contribution in [0.3, 0.4) is 0 Å². The molecule has 0 aliphatic heterocycles. The molecular formula is C23H15ClN4O. The van der Waals surface area contributed by atoms with E-state index in [-0.39, 0.29) is 5.91 Å². The van der Waals surface area contributed by atoms with Crippen molar-refractivity contribution in [3.05, 3.63) is 95.8 Å². The van der Waals surface area contributed by atoms with E-state index in [9.17, 15) is 4.79 Å². The molecule has 5 rings (SSSR count). The van der Waals surface area contributed by atoms with Crippen molar-refractivity contribution < 1.29 is 4.79 Å². The minimum Gasteiger partial charge on any atom is -0.322 e. The van der Waals surface area contributed by atoms with E-state index in [1.165, 1.54) is 0 Å². The number of para-hydroxylation sites is 2. The summed E-state index contributed by atoms with van der Waals surface area (Å²) in [6, 6.07) is 22.5. The maximum absolute atomic E-state index is 12.5. The summed E-state index contributed by atoms with van der Waals surface area (Å²) in [6.07, 6.45) is 3.70. The van der Waals surface area contributed by atoms with Gasteiger partial charge in [0.2, 0.25) is 0 Å². The molecule has 0 atom stereocenters. The zero-order valence-electron chi connectivity index (χ0n) is 15.2. The summed E-state index contributed by atoms with van der Waals surface area (Å²) in [6.45, 7) is 0. The summed E-state index contributed by atoms with van der Waals surface area (Å²) in [7, 11) is 0. The molecule has 0 radical (unpaired) electrons. The van der Waals surface area contributed by atoms with Crippen molar-refractivity contribution in [3.63, 3.8) is 0 Å². The van der Waals surface area contributed by atoms with Gasteiger partial charge in [-0.25, -0.2) is 9.97 Å². The van der Waals surface area contributed by atoms with Crippen LogP contribution in [-0.2, 0) is 0 Å². The van der Waals surface area contributed by atoms with E-state index in [0.29, 0.717) is 16.3 Å². The molecule has 2 aromatic heterocycles. The zero-order valence-corrected chi connectivity index (χ0v) is 16.0. The third-order valence-electron chi connectivity index (χ3n) is 4.76. The number of anilines is 1. The van der Waals surface area contributed by atoms with Crippen molar-refractivity contribution in [2.45, 2.75) is 0 Å². The number of fused-ring (bicyclic) bond motifs is 3. The fourth-order valence-electron chi connectivity index (χ4n) is 3.35. The number of carbonyl (C=O) groups is 1. The number of nitrogens with one attached hydrogen (secondary N) is 1. The molecule has 2 heterocycles. The summed E-state index contributed by atoms with van der Waals surface area (Å²) in [5, 5.41) is 3.29. The molecule has 0 aliphatic rings. The van der Waals surface area contributed by atoms with Gasteiger partial charge in [-0.2, -0.15) is 0 Å². The third kappa shape index (κ3) is 3.11. The van der Waals surface area contributed by atoms with Gasteiger partial charge in [-0.15, -0.1) is 0 Å². The molecule has 0 saturated heterocycles. The lowest BCUT2D eigenvalue weighted by Crippen LogP contribution is -2.12. The third-order valence-corrected chi connectivity index (χ3v) is 5.09. The highest BCUT2D eigenvalue weighted by Crippen LogP contribution is 2.27. The van der Waals surface area contributed by atoms with E-state index < -0.39 is 0 Å². The van der Waals surface area contributed by atoms with Crippen LogP contribution >= 0.6 is 11.6 Å². The van der Waals surface area contributed by atoms with E-state index in [2.05, 4.69) is 10.3 Å². The molecule has 0 aliphatic carbocycles. The number of amides is 1.